The lowest BCUT2D eigenvalue weighted by Crippen LogP contribution is -2.28. The molecular weight excluding hydrogens is 342 g/mol. The Morgan fingerprint density at radius 1 is 1.25 bits per heavy atom. The number of benzene rings is 1. The van der Waals surface area contributed by atoms with Crippen molar-refractivity contribution < 1.29 is 0 Å². The molecule has 0 spiro atoms. The van der Waals surface area contributed by atoms with E-state index in [1.807, 2.05) is 0 Å². The fraction of sp³-hybridized carbons (Fsp3) is 0.480. The van der Waals surface area contributed by atoms with Crippen LogP contribution in [0.25, 0.3) is 0 Å². The third kappa shape index (κ3) is 4.76. The van der Waals surface area contributed by atoms with Crippen LogP contribution in [0.2, 0.25) is 0 Å². The van der Waals surface area contributed by atoms with Crippen molar-refractivity contribution in [3.63, 3.8) is 0 Å². The van der Waals surface area contributed by atoms with Crippen molar-refractivity contribution in [3.8, 4) is 0 Å². The maximum Gasteiger partial charge on any atom is 0.129 e. The van der Waals surface area contributed by atoms with Gasteiger partial charge in [0.25, 0.3) is 0 Å². The second kappa shape index (κ2) is 8.81. The van der Waals surface area contributed by atoms with Gasteiger partial charge in [0.1, 0.15) is 5.82 Å². The Bertz CT molecular complexity index is 805. The molecule has 0 saturated heterocycles. The smallest absolute Gasteiger partial charge is 0.129 e. The first-order chi connectivity index (χ1) is 13.1. The van der Waals surface area contributed by atoms with Crippen LogP contribution < -0.4 is 5.32 Å². The fourth-order valence-electron chi connectivity index (χ4n) is 3.73. The zero-order chi connectivity index (χ0) is 21.1. The number of allylic oxidation sites excluding steroid dienone is 2. The molecule has 1 aliphatic carbocycles. The lowest BCUT2D eigenvalue weighted by molar-refractivity contribution is 0.336. The monoisotopic (exact) mass is 379 g/mol. The van der Waals surface area contributed by atoms with Crippen molar-refractivity contribution in [1.82, 2.24) is 10.2 Å². The van der Waals surface area contributed by atoms with Gasteiger partial charge in [0.05, 0.1) is 6.04 Å². The highest BCUT2D eigenvalue weighted by molar-refractivity contribution is 5.50. The molecule has 0 bridgehead atoms. The topological polar surface area (TPSA) is 27.6 Å². The molecule has 0 radical (unpaired) electrons. The van der Waals surface area contributed by atoms with Gasteiger partial charge in [-0.25, -0.2) is 4.99 Å². The molecule has 0 aliphatic heterocycles. The minimum absolute atomic E-state index is 0.158. The molecule has 3 nitrogen and oxygen atoms in total. The predicted octanol–water partition coefficient (Wildman–Crippen LogP) is 6.17. The predicted molar refractivity (Wildman–Crippen MR) is 123 cm³/mol. The van der Waals surface area contributed by atoms with E-state index in [-0.39, 0.29) is 11.6 Å². The highest BCUT2D eigenvalue weighted by Gasteiger charge is 2.38. The number of nitrogens with one attached hydrogen (secondary N) is 1. The molecular formula is C25H37N3. The van der Waals surface area contributed by atoms with E-state index in [4.69, 9.17) is 0 Å². The van der Waals surface area contributed by atoms with E-state index >= 15 is 0 Å². The Morgan fingerprint density at radius 3 is 2.36 bits per heavy atom. The summed E-state index contributed by atoms with van der Waals surface area (Å²) in [5, 5.41) is 3.58. The van der Waals surface area contributed by atoms with Crippen molar-refractivity contribution >= 4 is 6.72 Å². The van der Waals surface area contributed by atoms with E-state index in [1.165, 1.54) is 29.5 Å². The van der Waals surface area contributed by atoms with Crippen molar-refractivity contribution in [2.45, 2.75) is 72.4 Å². The maximum atomic E-state index is 4.47. The van der Waals surface area contributed by atoms with Crippen LogP contribution >= 0.6 is 0 Å². The van der Waals surface area contributed by atoms with Crippen LogP contribution in [-0.2, 0) is 6.42 Å². The summed E-state index contributed by atoms with van der Waals surface area (Å²) in [6, 6.07) is 8.92. The molecule has 0 heterocycles. The van der Waals surface area contributed by atoms with Gasteiger partial charge >= 0.3 is 0 Å². The Hall–Kier alpha value is -2.29. The van der Waals surface area contributed by atoms with Gasteiger partial charge in [-0.15, -0.1) is 0 Å². The van der Waals surface area contributed by atoms with Gasteiger partial charge in [0.15, 0.2) is 0 Å². The van der Waals surface area contributed by atoms with Crippen LogP contribution in [0.1, 0.15) is 71.6 Å². The minimum atomic E-state index is 0.158. The molecule has 1 unspecified atom stereocenters. The van der Waals surface area contributed by atoms with Crippen molar-refractivity contribution in [3.05, 3.63) is 70.2 Å². The van der Waals surface area contributed by atoms with Gasteiger partial charge in [0.2, 0.25) is 0 Å². The number of aryl methyl sites for hydroxylation is 1. The Kier molecular flexibility index (Phi) is 6.92. The number of rotatable bonds is 9. The highest BCUT2D eigenvalue weighted by Crippen LogP contribution is 2.37. The van der Waals surface area contributed by atoms with Crippen LogP contribution in [0.3, 0.4) is 0 Å². The van der Waals surface area contributed by atoms with E-state index in [2.05, 4.69) is 101 Å². The second-order valence-corrected chi connectivity index (χ2v) is 8.48. The summed E-state index contributed by atoms with van der Waals surface area (Å²) < 4.78 is 0. The molecule has 1 saturated carbocycles. The molecule has 0 aromatic heterocycles. The summed E-state index contributed by atoms with van der Waals surface area (Å²) in [4.78, 5) is 6.59. The van der Waals surface area contributed by atoms with E-state index in [0.29, 0.717) is 0 Å². The van der Waals surface area contributed by atoms with Crippen LogP contribution in [0.5, 0.6) is 0 Å². The SMILES string of the molecule is C=N/C(NC1(C)CC1)=C(\C)C(C(=C)N(C)C(C)c1ccccc1CC)=C(C)C. The number of aliphatic imine (C=N–C) groups is 1. The first-order valence-corrected chi connectivity index (χ1v) is 10.3. The first-order valence-electron chi connectivity index (χ1n) is 10.3. The normalized spacial score (nSPS) is 16.5. The van der Waals surface area contributed by atoms with E-state index in [9.17, 15) is 0 Å². The van der Waals surface area contributed by atoms with E-state index < -0.39 is 0 Å². The summed E-state index contributed by atoms with van der Waals surface area (Å²) in [6.45, 7) is 21.4. The van der Waals surface area contributed by atoms with Crippen molar-refractivity contribution in [2.75, 3.05) is 7.05 Å². The summed E-state index contributed by atoms with van der Waals surface area (Å²) in [5.41, 5.74) is 7.41. The van der Waals surface area contributed by atoms with Gasteiger partial charge in [-0.05, 0) is 71.7 Å². The van der Waals surface area contributed by atoms with Crippen LogP contribution in [-0.4, -0.2) is 24.2 Å². The quantitative estimate of drug-likeness (QED) is 0.410. The average molecular weight is 380 g/mol. The first kappa shape index (κ1) is 22.0. The third-order valence-corrected chi connectivity index (χ3v) is 5.99. The summed E-state index contributed by atoms with van der Waals surface area (Å²) in [7, 11) is 2.13. The van der Waals surface area contributed by atoms with Crippen molar-refractivity contribution in [2.24, 2.45) is 4.99 Å². The molecule has 28 heavy (non-hydrogen) atoms. The van der Waals surface area contributed by atoms with E-state index in [1.54, 1.807) is 0 Å². The van der Waals surface area contributed by atoms with E-state index in [0.717, 1.165) is 29.1 Å². The lowest BCUT2D eigenvalue weighted by atomic mass is 9.95. The molecule has 1 atom stereocenters. The minimum Gasteiger partial charge on any atom is -0.368 e. The summed E-state index contributed by atoms with van der Waals surface area (Å²) in [5.74, 6) is 0.868. The molecule has 1 aliphatic rings. The van der Waals surface area contributed by atoms with Gasteiger partial charge < -0.3 is 10.2 Å². The van der Waals surface area contributed by atoms with Gasteiger partial charge in [0, 0.05) is 29.4 Å². The Balaban J connectivity index is 2.36. The van der Waals surface area contributed by atoms with Crippen LogP contribution in [0.4, 0.5) is 0 Å². The molecule has 2 rings (SSSR count). The Morgan fingerprint density at radius 2 is 1.86 bits per heavy atom. The maximum absolute atomic E-state index is 4.47. The summed E-state index contributed by atoms with van der Waals surface area (Å²) in [6.07, 6.45) is 3.38. The largest absolute Gasteiger partial charge is 0.368 e. The number of hydrogen-bond acceptors (Lipinski definition) is 3. The highest BCUT2D eigenvalue weighted by atomic mass is 15.1. The Labute approximate surface area is 171 Å². The van der Waals surface area contributed by atoms with Crippen molar-refractivity contribution in [1.29, 1.82) is 0 Å². The fourth-order valence-corrected chi connectivity index (χ4v) is 3.73. The molecule has 1 aromatic rings. The third-order valence-electron chi connectivity index (χ3n) is 5.99. The molecule has 0 amide bonds. The summed E-state index contributed by atoms with van der Waals surface area (Å²) >= 11 is 0. The average Bonchev–Trinajstić information content (AvgIpc) is 3.41. The van der Waals surface area contributed by atoms with Gasteiger partial charge in [-0.3, -0.25) is 0 Å². The zero-order valence-electron chi connectivity index (χ0n) is 18.8. The van der Waals surface area contributed by atoms with Crippen LogP contribution in [0, 0.1) is 0 Å². The number of hydrogen-bond donors (Lipinski definition) is 1. The zero-order valence-corrected chi connectivity index (χ0v) is 18.8. The number of likely N-dealkylation sites (N-methyl/N-ethyl adjacent to an activating group) is 1. The molecule has 1 fully saturated rings. The lowest BCUT2D eigenvalue weighted by Gasteiger charge is -2.33. The van der Waals surface area contributed by atoms with Crippen LogP contribution in [0.15, 0.2) is 64.1 Å². The molecule has 1 aromatic carbocycles. The molecule has 1 N–H and O–H groups in total. The molecule has 3 heteroatoms. The van der Waals surface area contributed by atoms with Gasteiger partial charge in [-0.2, -0.15) is 0 Å². The molecule has 152 valence electrons. The van der Waals surface area contributed by atoms with Gasteiger partial charge in [-0.1, -0.05) is 43.3 Å². The number of nitrogens with zero attached hydrogens (tertiary/aromatic N) is 2. The standard InChI is InChI=1S/C25H37N3/c1-10-21-13-11-12-14-22(21)19(5)28(9)20(6)23(17(2)3)18(4)24(26-8)27-25(7)15-16-25/h11-14,19,27H,6,8,10,15-16H2,1-5,7,9H3/b24-18-. The second-order valence-electron chi connectivity index (χ2n) is 8.48.